The van der Waals surface area contributed by atoms with E-state index in [1.165, 1.54) is 25.0 Å². The van der Waals surface area contributed by atoms with E-state index in [9.17, 15) is 18.0 Å². The summed E-state index contributed by atoms with van der Waals surface area (Å²) in [6.07, 6.45) is -1.22. The Balaban J connectivity index is 1.18. The van der Waals surface area contributed by atoms with Gasteiger partial charge in [-0.05, 0) is 74.5 Å². The SMILES string of the molecule is N#Cc1cccc(C(=O)N2CCc3oc(-c4nc(Nc5ccc(OCCN6CCCC6)cc5)ncc4C(F)(F)F)cc3C2)c1. The minimum Gasteiger partial charge on any atom is -0.492 e. The van der Waals surface area contributed by atoms with Gasteiger partial charge in [-0.2, -0.15) is 18.4 Å². The predicted molar refractivity (Wildman–Crippen MR) is 155 cm³/mol. The normalized spacial score (nSPS) is 15.1. The Bertz CT molecular complexity index is 1690. The van der Waals surface area contributed by atoms with Crippen LogP contribution in [-0.4, -0.2) is 58.5 Å². The summed E-state index contributed by atoms with van der Waals surface area (Å²) >= 11 is 0. The van der Waals surface area contributed by atoms with Crippen molar-refractivity contribution in [2.45, 2.75) is 32.0 Å². The lowest BCUT2D eigenvalue weighted by Crippen LogP contribution is -2.35. The molecule has 0 saturated carbocycles. The van der Waals surface area contributed by atoms with E-state index in [1.54, 1.807) is 47.4 Å². The standard InChI is InChI=1S/C32H29F3N6O3/c33-32(34,35)26-19-37-31(38-24-6-8-25(9-7-24)43-15-14-40-11-1-2-12-40)39-29(26)28-17-23-20-41(13-10-27(23)44-28)30(42)22-5-3-4-21(16-22)18-36/h3-9,16-17,19H,1-2,10-15,20H2,(H,37,38,39). The van der Waals surface area contributed by atoms with Gasteiger partial charge in [0.2, 0.25) is 5.95 Å². The van der Waals surface area contributed by atoms with Crippen LogP contribution in [0.2, 0.25) is 0 Å². The van der Waals surface area contributed by atoms with E-state index in [0.29, 0.717) is 53.5 Å². The van der Waals surface area contributed by atoms with Crippen molar-refractivity contribution in [3.05, 3.63) is 88.8 Å². The van der Waals surface area contributed by atoms with Crippen molar-refractivity contribution in [1.82, 2.24) is 19.8 Å². The van der Waals surface area contributed by atoms with E-state index in [0.717, 1.165) is 25.8 Å². The molecule has 12 heteroatoms. The minimum atomic E-state index is -4.72. The number of alkyl halides is 3. The molecule has 0 aliphatic carbocycles. The van der Waals surface area contributed by atoms with Crippen molar-refractivity contribution in [2.24, 2.45) is 0 Å². The Morgan fingerprint density at radius 3 is 2.64 bits per heavy atom. The zero-order valence-electron chi connectivity index (χ0n) is 23.7. The van der Waals surface area contributed by atoms with E-state index in [2.05, 4.69) is 20.2 Å². The lowest BCUT2D eigenvalue weighted by Gasteiger charge is -2.26. The number of ether oxygens (including phenoxy) is 1. The topological polar surface area (TPSA) is 108 Å². The van der Waals surface area contributed by atoms with E-state index in [1.807, 2.05) is 6.07 Å². The van der Waals surface area contributed by atoms with Crippen molar-refractivity contribution in [3.63, 3.8) is 0 Å². The van der Waals surface area contributed by atoms with E-state index in [4.69, 9.17) is 14.4 Å². The van der Waals surface area contributed by atoms with E-state index in [-0.39, 0.29) is 24.2 Å². The predicted octanol–water partition coefficient (Wildman–Crippen LogP) is 6.04. The van der Waals surface area contributed by atoms with Gasteiger partial charge in [0.15, 0.2) is 5.76 Å². The van der Waals surface area contributed by atoms with Crippen LogP contribution >= 0.6 is 0 Å². The number of halogens is 3. The smallest absolute Gasteiger partial charge is 0.420 e. The Hall–Kier alpha value is -4.89. The molecule has 2 aliphatic heterocycles. The molecule has 1 saturated heterocycles. The maximum absolute atomic E-state index is 14.0. The Labute approximate surface area is 251 Å². The third-order valence-corrected chi connectivity index (χ3v) is 7.71. The van der Waals surface area contributed by atoms with Crippen LogP contribution in [0, 0.1) is 11.3 Å². The van der Waals surface area contributed by atoms with E-state index < -0.39 is 17.4 Å². The lowest BCUT2D eigenvalue weighted by molar-refractivity contribution is -0.137. The highest BCUT2D eigenvalue weighted by Gasteiger charge is 2.37. The average molecular weight is 603 g/mol. The van der Waals surface area contributed by atoms with Gasteiger partial charge < -0.3 is 19.4 Å². The molecular formula is C32H29F3N6O3. The van der Waals surface area contributed by atoms with Crippen molar-refractivity contribution in [1.29, 1.82) is 5.26 Å². The second kappa shape index (κ2) is 12.4. The monoisotopic (exact) mass is 602 g/mol. The molecule has 0 atom stereocenters. The summed E-state index contributed by atoms with van der Waals surface area (Å²) in [5, 5.41) is 12.1. The molecule has 0 radical (unpaired) electrons. The number of nitrogens with zero attached hydrogens (tertiary/aromatic N) is 5. The molecule has 1 amide bonds. The van der Waals surface area contributed by atoms with Crippen LogP contribution in [0.25, 0.3) is 11.5 Å². The number of fused-ring (bicyclic) bond motifs is 1. The van der Waals surface area contributed by atoms with Crippen LogP contribution in [0.3, 0.4) is 0 Å². The summed E-state index contributed by atoms with van der Waals surface area (Å²) in [6, 6.07) is 16.9. The Kier molecular flexibility index (Phi) is 8.21. The van der Waals surface area contributed by atoms with Gasteiger partial charge >= 0.3 is 6.18 Å². The first-order valence-electron chi connectivity index (χ1n) is 14.3. The summed E-state index contributed by atoms with van der Waals surface area (Å²) in [5.41, 5.74) is 0.476. The third-order valence-electron chi connectivity index (χ3n) is 7.71. The highest BCUT2D eigenvalue weighted by Crippen LogP contribution is 2.38. The number of anilines is 2. The number of benzene rings is 2. The molecule has 2 aromatic heterocycles. The van der Waals surface area contributed by atoms with Gasteiger partial charge in [-0.3, -0.25) is 9.69 Å². The van der Waals surface area contributed by atoms with Crippen molar-refractivity contribution in [2.75, 3.05) is 38.1 Å². The fraction of sp³-hybridized carbons (Fsp3) is 0.312. The molecule has 4 heterocycles. The van der Waals surface area contributed by atoms with Crippen molar-refractivity contribution in [3.8, 4) is 23.3 Å². The number of furan rings is 1. The molecule has 2 aliphatic rings. The number of carbonyl (C=O) groups excluding carboxylic acids is 1. The molecule has 6 rings (SSSR count). The third kappa shape index (κ3) is 6.53. The van der Waals surface area contributed by atoms with Gasteiger partial charge in [0, 0.05) is 49.1 Å². The molecule has 0 bridgehead atoms. The van der Waals surface area contributed by atoms with Gasteiger partial charge in [-0.15, -0.1) is 0 Å². The van der Waals surface area contributed by atoms with Crippen LogP contribution in [0.1, 0.15) is 45.7 Å². The quantitative estimate of drug-likeness (QED) is 0.260. The van der Waals surface area contributed by atoms with Crippen LogP contribution in [-0.2, 0) is 19.1 Å². The fourth-order valence-electron chi connectivity index (χ4n) is 5.43. The number of hydrogen-bond acceptors (Lipinski definition) is 8. The second-order valence-electron chi connectivity index (χ2n) is 10.7. The zero-order chi connectivity index (χ0) is 30.7. The first-order valence-corrected chi connectivity index (χ1v) is 14.3. The molecule has 0 spiro atoms. The van der Waals surface area contributed by atoms with Crippen molar-refractivity contribution >= 4 is 17.5 Å². The van der Waals surface area contributed by atoms with Gasteiger partial charge in [-0.25, -0.2) is 9.97 Å². The molecule has 1 fully saturated rings. The van der Waals surface area contributed by atoms with Crippen molar-refractivity contribution < 1.29 is 27.1 Å². The molecule has 226 valence electrons. The average Bonchev–Trinajstić information content (AvgIpc) is 3.71. The molecule has 44 heavy (non-hydrogen) atoms. The molecular weight excluding hydrogens is 573 g/mol. The number of likely N-dealkylation sites (tertiary alicyclic amines) is 1. The number of hydrogen-bond donors (Lipinski definition) is 1. The Morgan fingerprint density at radius 2 is 1.89 bits per heavy atom. The van der Waals surface area contributed by atoms with Crippen LogP contribution < -0.4 is 10.1 Å². The number of aromatic nitrogens is 2. The van der Waals surface area contributed by atoms with Crippen LogP contribution in [0.15, 0.2) is 65.2 Å². The second-order valence-corrected chi connectivity index (χ2v) is 10.7. The van der Waals surface area contributed by atoms with Crippen LogP contribution in [0.5, 0.6) is 5.75 Å². The number of nitriles is 1. The lowest BCUT2D eigenvalue weighted by atomic mass is 10.1. The van der Waals surface area contributed by atoms with Gasteiger partial charge in [0.05, 0.1) is 11.6 Å². The molecule has 0 unspecified atom stereocenters. The number of carbonyl (C=O) groups is 1. The van der Waals surface area contributed by atoms with E-state index >= 15 is 0 Å². The molecule has 2 aromatic carbocycles. The first-order chi connectivity index (χ1) is 21.3. The molecule has 4 aromatic rings. The minimum absolute atomic E-state index is 0.0285. The van der Waals surface area contributed by atoms with Gasteiger partial charge in [0.25, 0.3) is 5.91 Å². The highest BCUT2D eigenvalue weighted by molar-refractivity contribution is 5.94. The number of rotatable bonds is 8. The maximum Gasteiger partial charge on any atom is 0.420 e. The largest absolute Gasteiger partial charge is 0.492 e. The summed E-state index contributed by atoms with van der Waals surface area (Å²) in [7, 11) is 0. The van der Waals surface area contributed by atoms with Gasteiger partial charge in [-0.1, -0.05) is 6.07 Å². The summed E-state index contributed by atoms with van der Waals surface area (Å²) in [6.45, 7) is 4.10. The maximum atomic E-state index is 14.0. The number of amides is 1. The first kappa shape index (κ1) is 29.2. The molecule has 9 nitrogen and oxygen atoms in total. The highest BCUT2D eigenvalue weighted by atomic mass is 19.4. The Morgan fingerprint density at radius 1 is 1.09 bits per heavy atom. The summed E-state index contributed by atoms with van der Waals surface area (Å²) in [4.78, 5) is 25.1. The summed E-state index contributed by atoms with van der Waals surface area (Å²) in [5.74, 6) is 0.823. The van der Waals surface area contributed by atoms with Gasteiger partial charge in [0.1, 0.15) is 29.4 Å². The zero-order valence-corrected chi connectivity index (χ0v) is 23.7. The fourth-order valence-corrected chi connectivity index (χ4v) is 5.43. The molecule has 1 N–H and O–H groups in total. The summed E-state index contributed by atoms with van der Waals surface area (Å²) < 4.78 is 53.7. The van der Waals surface area contributed by atoms with Crippen LogP contribution in [0.4, 0.5) is 24.8 Å². The number of nitrogens with one attached hydrogen (secondary N) is 1.